The molecule has 0 saturated carbocycles. The van der Waals surface area contributed by atoms with Gasteiger partial charge >= 0.3 is 0 Å². The van der Waals surface area contributed by atoms with Crippen molar-refractivity contribution in [1.29, 1.82) is 0 Å². The Bertz CT molecular complexity index is 223. The monoisotopic (exact) mass is 252 g/mol. The molecule has 2 heteroatoms. The smallest absolute Gasteiger partial charge is 0.0419 e. The number of hydrogen-bond donors (Lipinski definition) is 2. The average molecular weight is 252 g/mol. The number of hydrogen-bond acceptors (Lipinski definition) is 2. The fourth-order valence-electron chi connectivity index (χ4n) is 2.86. The molecule has 18 heavy (non-hydrogen) atoms. The Morgan fingerprint density at radius 2 is 1.89 bits per heavy atom. The fraction of sp³-hybridized carbons (Fsp3) is 0.875. The number of nitrogens with one attached hydrogen (secondary N) is 1. The lowest BCUT2D eigenvalue weighted by atomic mass is 9.92. The van der Waals surface area contributed by atoms with E-state index >= 15 is 0 Å². The maximum absolute atomic E-state index is 5.74. The lowest BCUT2D eigenvalue weighted by molar-refractivity contribution is 0.484. The molecule has 1 unspecified atom stereocenters. The van der Waals surface area contributed by atoms with Gasteiger partial charge in [0.1, 0.15) is 0 Å². The van der Waals surface area contributed by atoms with Crippen LogP contribution >= 0.6 is 0 Å². The molecular formula is C16H32N2. The Labute approximate surface area is 113 Å². The molecule has 2 nitrogen and oxygen atoms in total. The van der Waals surface area contributed by atoms with Crippen LogP contribution in [-0.2, 0) is 0 Å². The van der Waals surface area contributed by atoms with Crippen molar-refractivity contribution in [3.63, 3.8) is 0 Å². The van der Waals surface area contributed by atoms with Crippen molar-refractivity contribution in [2.24, 2.45) is 5.84 Å². The maximum Gasteiger partial charge on any atom is 0.0419 e. The van der Waals surface area contributed by atoms with E-state index in [0.29, 0.717) is 6.04 Å². The minimum Gasteiger partial charge on any atom is -0.271 e. The van der Waals surface area contributed by atoms with Crippen LogP contribution in [-0.4, -0.2) is 6.04 Å². The highest BCUT2D eigenvalue weighted by Gasteiger charge is 2.13. The van der Waals surface area contributed by atoms with Crippen molar-refractivity contribution in [2.45, 2.75) is 90.0 Å². The van der Waals surface area contributed by atoms with Crippen molar-refractivity contribution in [2.75, 3.05) is 0 Å². The zero-order valence-electron chi connectivity index (χ0n) is 12.2. The van der Waals surface area contributed by atoms with E-state index in [1.807, 2.05) is 0 Å². The van der Waals surface area contributed by atoms with E-state index in [1.165, 1.54) is 77.0 Å². The first-order chi connectivity index (χ1) is 8.88. The van der Waals surface area contributed by atoms with Crippen molar-refractivity contribution in [3.8, 4) is 0 Å². The van der Waals surface area contributed by atoms with Gasteiger partial charge in [0.15, 0.2) is 0 Å². The average Bonchev–Trinajstić information content (AvgIpc) is 2.35. The Morgan fingerprint density at radius 1 is 1.11 bits per heavy atom. The predicted octanol–water partition coefficient (Wildman–Crippen LogP) is 4.46. The number of rotatable bonds is 8. The number of unbranched alkanes of at least 4 members (excludes halogenated alkanes) is 4. The van der Waals surface area contributed by atoms with Crippen molar-refractivity contribution in [3.05, 3.63) is 11.6 Å². The van der Waals surface area contributed by atoms with Crippen LogP contribution in [0, 0.1) is 0 Å². The first-order valence-corrected chi connectivity index (χ1v) is 8.03. The summed E-state index contributed by atoms with van der Waals surface area (Å²) in [4.78, 5) is 0. The predicted molar refractivity (Wildman–Crippen MR) is 80.3 cm³/mol. The van der Waals surface area contributed by atoms with E-state index in [4.69, 9.17) is 5.84 Å². The molecule has 0 aromatic carbocycles. The summed E-state index contributed by atoms with van der Waals surface area (Å²) < 4.78 is 0. The van der Waals surface area contributed by atoms with Crippen LogP contribution < -0.4 is 11.3 Å². The minimum atomic E-state index is 0.435. The third kappa shape index (κ3) is 6.55. The van der Waals surface area contributed by atoms with Gasteiger partial charge in [-0.2, -0.15) is 0 Å². The van der Waals surface area contributed by atoms with Crippen molar-refractivity contribution >= 4 is 0 Å². The van der Waals surface area contributed by atoms with E-state index < -0.39 is 0 Å². The maximum atomic E-state index is 5.74. The second-order valence-electron chi connectivity index (χ2n) is 5.65. The lowest BCUT2D eigenvalue weighted by Crippen LogP contribution is -2.36. The molecule has 1 aliphatic carbocycles. The second-order valence-corrected chi connectivity index (χ2v) is 5.65. The van der Waals surface area contributed by atoms with Crippen LogP contribution in [0.25, 0.3) is 0 Å². The molecule has 0 aliphatic heterocycles. The van der Waals surface area contributed by atoms with E-state index in [-0.39, 0.29) is 0 Å². The summed E-state index contributed by atoms with van der Waals surface area (Å²) in [7, 11) is 0. The Balaban J connectivity index is 2.29. The van der Waals surface area contributed by atoms with E-state index in [1.54, 1.807) is 5.57 Å². The summed E-state index contributed by atoms with van der Waals surface area (Å²) in [5.74, 6) is 5.74. The van der Waals surface area contributed by atoms with Gasteiger partial charge in [0, 0.05) is 6.04 Å². The number of hydrazine groups is 1. The summed E-state index contributed by atoms with van der Waals surface area (Å²) in [5.41, 5.74) is 4.62. The Morgan fingerprint density at radius 3 is 2.67 bits per heavy atom. The summed E-state index contributed by atoms with van der Waals surface area (Å²) >= 11 is 0. The molecule has 0 fully saturated rings. The van der Waals surface area contributed by atoms with Gasteiger partial charge in [0.05, 0.1) is 0 Å². The van der Waals surface area contributed by atoms with Gasteiger partial charge in [-0.05, 0) is 32.1 Å². The molecule has 0 saturated heterocycles. The molecule has 0 spiro atoms. The largest absolute Gasteiger partial charge is 0.271 e. The summed E-state index contributed by atoms with van der Waals surface area (Å²) in [6.45, 7) is 2.27. The van der Waals surface area contributed by atoms with Gasteiger partial charge in [-0.25, -0.2) is 0 Å². The molecule has 0 bridgehead atoms. The van der Waals surface area contributed by atoms with Crippen LogP contribution in [0.15, 0.2) is 11.6 Å². The summed E-state index contributed by atoms with van der Waals surface area (Å²) in [6, 6.07) is 0.435. The van der Waals surface area contributed by atoms with E-state index in [2.05, 4.69) is 18.4 Å². The molecule has 0 aromatic rings. The fourth-order valence-corrected chi connectivity index (χ4v) is 2.86. The minimum absolute atomic E-state index is 0.435. The Kier molecular flexibility index (Phi) is 9.23. The van der Waals surface area contributed by atoms with Crippen molar-refractivity contribution < 1.29 is 0 Å². The quantitative estimate of drug-likeness (QED) is 0.290. The molecule has 1 rings (SSSR count). The first kappa shape index (κ1) is 15.7. The van der Waals surface area contributed by atoms with Gasteiger partial charge in [-0.15, -0.1) is 0 Å². The van der Waals surface area contributed by atoms with Gasteiger partial charge in [-0.3, -0.25) is 11.3 Å². The Hall–Kier alpha value is -0.340. The highest BCUT2D eigenvalue weighted by atomic mass is 15.2. The highest BCUT2D eigenvalue weighted by Crippen LogP contribution is 2.22. The standard InChI is InChI=1S/C16H32N2/c1-2-3-4-6-11-14-16(18-17)15-12-9-7-5-8-10-13-15/h12,16,18H,2-11,13-14,17H2,1H3. The topological polar surface area (TPSA) is 38.0 Å². The zero-order valence-corrected chi connectivity index (χ0v) is 12.2. The van der Waals surface area contributed by atoms with Crippen molar-refractivity contribution in [1.82, 2.24) is 5.43 Å². The third-order valence-electron chi connectivity index (χ3n) is 4.07. The summed E-state index contributed by atoms with van der Waals surface area (Å²) in [5, 5.41) is 0. The number of allylic oxidation sites excluding steroid dienone is 1. The van der Waals surface area contributed by atoms with Gasteiger partial charge in [0.2, 0.25) is 0 Å². The molecule has 0 heterocycles. The molecule has 3 N–H and O–H groups in total. The molecule has 0 radical (unpaired) electrons. The normalized spacial score (nSPS) is 18.9. The molecule has 106 valence electrons. The van der Waals surface area contributed by atoms with E-state index in [0.717, 1.165) is 0 Å². The SMILES string of the molecule is CCCCCCCC(NN)C1=CCCCCCC1. The third-order valence-corrected chi connectivity index (χ3v) is 4.07. The summed E-state index contributed by atoms with van der Waals surface area (Å²) in [6.07, 6.45) is 18.4. The van der Waals surface area contributed by atoms with E-state index in [9.17, 15) is 0 Å². The molecule has 0 aromatic heterocycles. The molecule has 1 atom stereocenters. The van der Waals surface area contributed by atoms with Gasteiger partial charge < -0.3 is 0 Å². The van der Waals surface area contributed by atoms with Gasteiger partial charge in [-0.1, -0.05) is 63.5 Å². The highest BCUT2D eigenvalue weighted by molar-refractivity contribution is 5.11. The molecular weight excluding hydrogens is 220 g/mol. The zero-order chi connectivity index (χ0) is 13.1. The molecule has 1 aliphatic rings. The second kappa shape index (κ2) is 10.6. The van der Waals surface area contributed by atoms with Gasteiger partial charge in [0.25, 0.3) is 0 Å². The van der Waals surface area contributed by atoms with Crippen LogP contribution in [0.4, 0.5) is 0 Å². The van der Waals surface area contributed by atoms with Crippen LogP contribution in [0.5, 0.6) is 0 Å². The molecule has 0 amide bonds. The van der Waals surface area contributed by atoms with Crippen LogP contribution in [0.3, 0.4) is 0 Å². The van der Waals surface area contributed by atoms with Crippen LogP contribution in [0.1, 0.15) is 84.0 Å². The number of nitrogens with two attached hydrogens (primary N) is 1. The first-order valence-electron chi connectivity index (χ1n) is 8.03. The van der Waals surface area contributed by atoms with Crippen LogP contribution in [0.2, 0.25) is 0 Å². The lowest BCUT2D eigenvalue weighted by Gasteiger charge is -2.21.